The number of aromatic amines is 1. The van der Waals surface area contributed by atoms with Crippen LogP contribution in [0.1, 0.15) is 23.7 Å². The van der Waals surface area contributed by atoms with Crippen LogP contribution in [0, 0.1) is 0 Å². The van der Waals surface area contributed by atoms with Gasteiger partial charge in [-0.2, -0.15) is 0 Å². The van der Waals surface area contributed by atoms with E-state index in [1.807, 2.05) is 16.8 Å². The van der Waals surface area contributed by atoms with Crippen molar-refractivity contribution in [1.29, 1.82) is 0 Å². The fourth-order valence-electron chi connectivity index (χ4n) is 4.02. The van der Waals surface area contributed by atoms with Gasteiger partial charge in [0.15, 0.2) is 11.5 Å². The minimum Gasteiger partial charge on any atom is -0.486 e. The van der Waals surface area contributed by atoms with Crippen molar-refractivity contribution < 1.29 is 28.9 Å². The summed E-state index contributed by atoms with van der Waals surface area (Å²) in [5, 5.41) is 8.14. The maximum Gasteiger partial charge on any atom is 0.337 e. The quantitative estimate of drug-likeness (QED) is 0.354. The molecule has 4 N–H and O–H groups in total. The highest BCUT2D eigenvalue weighted by molar-refractivity contribution is 6.01. The molecule has 0 saturated heterocycles. The summed E-state index contributed by atoms with van der Waals surface area (Å²) in [6.45, 7) is 3.15. The monoisotopic (exact) mass is 494 g/mol. The number of aryl methyl sites for hydroxylation is 1. The van der Waals surface area contributed by atoms with E-state index in [9.17, 15) is 9.59 Å². The van der Waals surface area contributed by atoms with Crippen LogP contribution in [-0.2, 0) is 16.1 Å². The topological polar surface area (TPSA) is 159 Å². The lowest BCUT2D eigenvalue weighted by molar-refractivity contribution is -0.134. The van der Waals surface area contributed by atoms with Gasteiger partial charge in [0.1, 0.15) is 24.4 Å². The molecule has 1 aliphatic rings. The number of nitrogens with zero attached hydrogens (tertiary/aromatic N) is 2. The van der Waals surface area contributed by atoms with E-state index in [1.54, 1.807) is 24.3 Å². The van der Waals surface area contributed by atoms with Crippen LogP contribution in [-0.4, -0.2) is 58.4 Å². The standard InChI is InChI=1S/C23H22N4O5.C2H4O2/c1-30-23(29)13-3-5-17-14(11-13)15(12-27(17)8-2-7-24)19-22(28)25-16-4-6-18-21(20(16)26-19)32-10-9-31-18;1-2(3)4/h3-6,11-12H,2,7-10,24H2,1H3,(H,25,28);1H3,(H,3,4). The van der Waals surface area contributed by atoms with E-state index < -0.39 is 11.9 Å². The zero-order valence-corrected chi connectivity index (χ0v) is 19.9. The van der Waals surface area contributed by atoms with E-state index in [0.717, 1.165) is 24.2 Å². The normalized spacial score (nSPS) is 12.2. The predicted octanol–water partition coefficient (Wildman–Crippen LogP) is 2.54. The summed E-state index contributed by atoms with van der Waals surface area (Å²) in [4.78, 5) is 41.8. The summed E-state index contributed by atoms with van der Waals surface area (Å²) in [6.07, 6.45) is 2.64. The average molecular weight is 495 g/mol. The van der Waals surface area contributed by atoms with Gasteiger partial charge in [0.25, 0.3) is 11.5 Å². The number of hydrogen-bond donors (Lipinski definition) is 3. The Morgan fingerprint density at radius 3 is 2.69 bits per heavy atom. The summed E-state index contributed by atoms with van der Waals surface area (Å²) < 4.78 is 18.3. The molecule has 0 radical (unpaired) electrons. The Bertz CT molecular complexity index is 1500. The van der Waals surface area contributed by atoms with Gasteiger partial charge in [0, 0.05) is 36.1 Å². The van der Waals surface area contributed by atoms with Crippen molar-refractivity contribution in [1.82, 2.24) is 14.5 Å². The number of fused-ring (bicyclic) bond motifs is 4. The number of nitrogens with one attached hydrogen (secondary N) is 1. The van der Waals surface area contributed by atoms with Gasteiger partial charge < -0.3 is 34.6 Å². The van der Waals surface area contributed by atoms with Crippen molar-refractivity contribution in [3.8, 4) is 22.8 Å². The maximum atomic E-state index is 13.0. The molecule has 11 heteroatoms. The number of esters is 1. The minimum absolute atomic E-state index is 0.235. The molecule has 188 valence electrons. The molecule has 0 fully saturated rings. The maximum absolute atomic E-state index is 13.0. The minimum atomic E-state index is -0.833. The fraction of sp³-hybridized carbons (Fsp3) is 0.280. The zero-order chi connectivity index (χ0) is 25.8. The van der Waals surface area contributed by atoms with Crippen molar-refractivity contribution in [2.45, 2.75) is 19.9 Å². The Morgan fingerprint density at radius 2 is 1.97 bits per heavy atom. The number of rotatable bonds is 5. The fourth-order valence-corrected chi connectivity index (χ4v) is 4.02. The lowest BCUT2D eigenvalue weighted by Crippen LogP contribution is -2.17. The first-order valence-corrected chi connectivity index (χ1v) is 11.3. The van der Waals surface area contributed by atoms with Gasteiger partial charge in [-0.05, 0) is 43.3 Å². The van der Waals surface area contributed by atoms with Crippen molar-refractivity contribution in [3.05, 3.63) is 52.4 Å². The number of aromatic nitrogens is 3. The number of H-pyrrole nitrogens is 1. The number of carbonyl (C=O) groups is 2. The molecule has 0 spiro atoms. The van der Waals surface area contributed by atoms with Crippen molar-refractivity contribution in [2.24, 2.45) is 5.73 Å². The van der Waals surface area contributed by atoms with Crippen LogP contribution >= 0.6 is 0 Å². The Kier molecular flexibility index (Phi) is 7.20. The third-order valence-electron chi connectivity index (χ3n) is 5.53. The first kappa shape index (κ1) is 24.7. The molecule has 0 saturated carbocycles. The molecule has 0 bridgehead atoms. The smallest absolute Gasteiger partial charge is 0.337 e. The predicted molar refractivity (Wildman–Crippen MR) is 133 cm³/mol. The van der Waals surface area contributed by atoms with Crippen LogP contribution in [0.5, 0.6) is 11.5 Å². The Hall–Kier alpha value is -4.38. The van der Waals surface area contributed by atoms with Crippen molar-refractivity contribution in [2.75, 3.05) is 26.9 Å². The molecule has 0 atom stereocenters. The number of aliphatic carboxylic acids is 1. The van der Waals surface area contributed by atoms with E-state index in [-0.39, 0.29) is 11.3 Å². The van der Waals surface area contributed by atoms with E-state index in [4.69, 9.17) is 34.8 Å². The molecule has 2 aromatic heterocycles. The number of carboxylic acid groups (broad SMARTS) is 1. The van der Waals surface area contributed by atoms with Gasteiger partial charge in [-0.3, -0.25) is 9.59 Å². The van der Waals surface area contributed by atoms with Crippen LogP contribution < -0.4 is 20.8 Å². The van der Waals surface area contributed by atoms with Gasteiger partial charge in [0.2, 0.25) is 0 Å². The van der Waals surface area contributed by atoms with Gasteiger partial charge in [0.05, 0.1) is 18.2 Å². The molecule has 1 aliphatic heterocycles. The summed E-state index contributed by atoms with van der Waals surface area (Å²) in [6, 6.07) is 8.78. The second kappa shape index (κ2) is 10.5. The lowest BCUT2D eigenvalue weighted by Gasteiger charge is -2.19. The third kappa shape index (κ3) is 4.86. The summed E-state index contributed by atoms with van der Waals surface area (Å²) in [7, 11) is 1.33. The summed E-state index contributed by atoms with van der Waals surface area (Å²) in [5.74, 6) is -0.187. The lowest BCUT2D eigenvalue weighted by atomic mass is 10.1. The van der Waals surface area contributed by atoms with Gasteiger partial charge in [-0.15, -0.1) is 0 Å². The highest BCUT2D eigenvalue weighted by Crippen LogP contribution is 2.37. The number of methoxy groups -OCH3 is 1. The molecule has 5 rings (SSSR count). The number of carboxylic acids is 1. The highest BCUT2D eigenvalue weighted by Gasteiger charge is 2.21. The molecule has 0 amide bonds. The number of nitrogens with two attached hydrogens (primary N) is 1. The Balaban J connectivity index is 0.000000709. The van der Waals surface area contributed by atoms with Gasteiger partial charge >= 0.3 is 5.97 Å². The zero-order valence-electron chi connectivity index (χ0n) is 19.9. The van der Waals surface area contributed by atoms with Crippen LogP contribution in [0.3, 0.4) is 0 Å². The van der Waals surface area contributed by atoms with Crippen molar-refractivity contribution >= 4 is 33.9 Å². The molecule has 2 aromatic carbocycles. The molecule has 11 nitrogen and oxygen atoms in total. The summed E-state index contributed by atoms with van der Waals surface area (Å²) in [5.41, 5.74) is 8.56. The van der Waals surface area contributed by atoms with Crippen molar-refractivity contribution in [3.63, 3.8) is 0 Å². The van der Waals surface area contributed by atoms with E-state index >= 15 is 0 Å². The van der Waals surface area contributed by atoms with Crippen LogP contribution in [0.2, 0.25) is 0 Å². The Labute approximate surface area is 205 Å². The van der Waals surface area contributed by atoms with Crippen LogP contribution in [0.4, 0.5) is 0 Å². The summed E-state index contributed by atoms with van der Waals surface area (Å²) >= 11 is 0. The van der Waals surface area contributed by atoms with Crippen LogP contribution in [0.25, 0.3) is 33.2 Å². The molecular formula is C25H26N4O7. The number of benzene rings is 2. The molecule has 0 unspecified atom stereocenters. The molecule has 0 aliphatic carbocycles. The molecule has 3 heterocycles. The number of hydrogen-bond acceptors (Lipinski definition) is 8. The second-order valence-corrected chi connectivity index (χ2v) is 8.02. The largest absolute Gasteiger partial charge is 0.486 e. The SMILES string of the molecule is CC(=O)O.COC(=O)c1ccc2c(c1)c(-c1nc3c4c(ccc3[nH]c1=O)OCCO4)cn2CCCN. The first-order valence-electron chi connectivity index (χ1n) is 11.3. The van der Waals surface area contributed by atoms with E-state index in [1.165, 1.54) is 7.11 Å². The average Bonchev–Trinajstić information content (AvgIpc) is 3.23. The van der Waals surface area contributed by atoms with Gasteiger partial charge in [-0.25, -0.2) is 9.78 Å². The third-order valence-corrected chi connectivity index (χ3v) is 5.53. The first-order chi connectivity index (χ1) is 17.3. The Morgan fingerprint density at radius 1 is 1.22 bits per heavy atom. The van der Waals surface area contributed by atoms with Crippen LogP contribution in [0.15, 0.2) is 41.3 Å². The number of ether oxygens (including phenoxy) is 3. The van der Waals surface area contributed by atoms with E-state index in [0.29, 0.717) is 60.0 Å². The molecule has 36 heavy (non-hydrogen) atoms. The highest BCUT2D eigenvalue weighted by atomic mass is 16.6. The number of carbonyl (C=O) groups excluding carboxylic acids is 1. The molecule has 4 aromatic rings. The van der Waals surface area contributed by atoms with E-state index in [2.05, 4.69) is 4.98 Å². The van der Waals surface area contributed by atoms with Gasteiger partial charge in [-0.1, -0.05) is 0 Å². The molecular weight excluding hydrogens is 468 g/mol. The second-order valence-electron chi connectivity index (χ2n) is 8.02.